The summed E-state index contributed by atoms with van der Waals surface area (Å²) in [5.74, 6) is -0.597. The molecule has 1 aliphatic rings. The summed E-state index contributed by atoms with van der Waals surface area (Å²) in [6.45, 7) is -0.547. The fraction of sp³-hybridized carbons (Fsp3) is 0.583. The summed E-state index contributed by atoms with van der Waals surface area (Å²) in [7, 11) is 0. The van der Waals surface area contributed by atoms with Crippen LogP contribution < -0.4 is 0 Å². The lowest BCUT2D eigenvalue weighted by molar-refractivity contribution is -0.148. The van der Waals surface area contributed by atoms with Crippen molar-refractivity contribution in [2.45, 2.75) is 25.1 Å². The van der Waals surface area contributed by atoms with E-state index in [1.165, 1.54) is 11.3 Å². The first-order valence-electron chi connectivity index (χ1n) is 6.06. The maximum absolute atomic E-state index is 12.7. The van der Waals surface area contributed by atoms with Gasteiger partial charge in [0, 0.05) is 12.0 Å². The third-order valence-electron chi connectivity index (χ3n) is 3.00. The van der Waals surface area contributed by atoms with Gasteiger partial charge in [-0.05, 0) is 34.8 Å². The van der Waals surface area contributed by atoms with Crippen molar-refractivity contribution < 1.29 is 22.7 Å². The average Bonchev–Trinajstić information content (AvgIpc) is 2.82. The Morgan fingerprint density at radius 1 is 1.55 bits per heavy atom. The number of rotatable bonds is 3. The largest absolute Gasteiger partial charge is 0.406 e. The van der Waals surface area contributed by atoms with Crippen molar-refractivity contribution in [3.8, 4) is 0 Å². The minimum Gasteiger partial charge on any atom is -0.379 e. The molecule has 1 unspecified atom stereocenters. The maximum atomic E-state index is 12.7. The summed E-state index contributed by atoms with van der Waals surface area (Å²) in [5, 5.41) is 1.56. The number of carbonyl (C=O) groups is 1. The predicted molar refractivity (Wildman–Crippen MR) is 73.0 cm³/mol. The maximum Gasteiger partial charge on any atom is 0.406 e. The van der Waals surface area contributed by atoms with Gasteiger partial charge in [-0.15, -0.1) is 11.3 Å². The summed E-state index contributed by atoms with van der Waals surface area (Å²) >= 11 is 4.48. The van der Waals surface area contributed by atoms with E-state index in [1.807, 2.05) is 0 Å². The first-order chi connectivity index (χ1) is 9.37. The molecule has 2 heterocycles. The Hall–Kier alpha value is -0.600. The molecule has 0 aromatic carbocycles. The molecule has 2 rings (SSSR count). The summed E-state index contributed by atoms with van der Waals surface area (Å²) in [6.07, 6.45) is -3.22. The molecule has 3 nitrogen and oxygen atoms in total. The van der Waals surface area contributed by atoms with Crippen LogP contribution in [0.2, 0.25) is 0 Å². The van der Waals surface area contributed by atoms with E-state index < -0.39 is 24.7 Å². The van der Waals surface area contributed by atoms with Crippen molar-refractivity contribution >= 4 is 33.2 Å². The molecule has 1 aromatic heterocycles. The van der Waals surface area contributed by atoms with Gasteiger partial charge in [0.2, 0.25) is 0 Å². The zero-order valence-corrected chi connectivity index (χ0v) is 12.9. The Kier molecular flexibility index (Phi) is 5.09. The van der Waals surface area contributed by atoms with Crippen LogP contribution in [0.4, 0.5) is 13.2 Å². The normalized spacial score (nSPS) is 19.9. The van der Waals surface area contributed by atoms with E-state index in [4.69, 9.17) is 4.74 Å². The minimum absolute atomic E-state index is 0.160. The molecule has 112 valence electrons. The number of hydrogen-bond acceptors (Lipinski definition) is 3. The lowest BCUT2D eigenvalue weighted by atomic mass is 10.1. The van der Waals surface area contributed by atoms with Crippen molar-refractivity contribution in [3.05, 3.63) is 20.8 Å². The molecular formula is C12H13BrF3NO2S. The molecule has 0 spiro atoms. The second-order valence-electron chi connectivity index (χ2n) is 4.56. The second-order valence-corrected chi connectivity index (χ2v) is 6.85. The van der Waals surface area contributed by atoms with Gasteiger partial charge in [0.1, 0.15) is 6.54 Å². The van der Waals surface area contributed by atoms with Crippen molar-refractivity contribution in [2.75, 3.05) is 19.8 Å². The van der Waals surface area contributed by atoms with Crippen LogP contribution in [0.3, 0.4) is 0 Å². The SMILES string of the molecule is O=C(c1csc(Br)c1)N(CC(F)(F)F)C1CCCOC1. The van der Waals surface area contributed by atoms with Gasteiger partial charge in [-0.25, -0.2) is 0 Å². The monoisotopic (exact) mass is 371 g/mol. The Bertz CT molecular complexity index is 472. The van der Waals surface area contributed by atoms with Crippen LogP contribution in [0, 0.1) is 0 Å². The molecule has 1 aromatic rings. The van der Waals surface area contributed by atoms with Crippen LogP contribution in [0.5, 0.6) is 0 Å². The average molecular weight is 372 g/mol. The third-order valence-corrected chi connectivity index (χ3v) is 4.51. The molecule has 0 N–H and O–H groups in total. The van der Waals surface area contributed by atoms with Gasteiger partial charge in [-0.2, -0.15) is 13.2 Å². The number of thiophene rings is 1. The lowest BCUT2D eigenvalue weighted by Crippen LogP contribution is -2.49. The lowest BCUT2D eigenvalue weighted by Gasteiger charge is -2.34. The molecule has 0 bridgehead atoms. The van der Waals surface area contributed by atoms with E-state index in [2.05, 4.69) is 15.9 Å². The van der Waals surface area contributed by atoms with Gasteiger partial charge in [0.15, 0.2) is 0 Å². The number of alkyl halides is 3. The number of hydrogen-bond donors (Lipinski definition) is 0. The van der Waals surface area contributed by atoms with Gasteiger partial charge in [0.25, 0.3) is 5.91 Å². The van der Waals surface area contributed by atoms with Crippen LogP contribution in [-0.4, -0.2) is 42.8 Å². The zero-order valence-electron chi connectivity index (χ0n) is 10.5. The topological polar surface area (TPSA) is 29.5 Å². The molecule has 1 aliphatic heterocycles. The number of carbonyl (C=O) groups excluding carboxylic acids is 1. The van der Waals surface area contributed by atoms with Gasteiger partial charge in [0.05, 0.1) is 22.0 Å². The standard InChI is InChI=1S/C12H13BrF3NO2S/c13-10-4-8(6-20-10)11(18)17(7-12(14,15)16)9-2-1-3-19-5-9/h4,6,9H,1-3,5,7H2. The quantitative estimate of drug-likeness (QED) is 0.810. The van der Waals surface area contributed by atoms with Crippen LogP contribution >= 0.6 is 27.3 Å². The molecule has 20 heavy (non-hydrogen) atoms. The van der Waals surface area contributed by atoms with Crippen LogP contribution in [-0.2, 0) is 4.74 Å². The molecule has 8 heteroatoms. The predicted octanol–water partition coefficient (Wildman–Crippen LogP) is 3.69. The summed E-state index contributed by atoms with van der Waals surface area (Å²) in [5.41, 5.74) is 0.275. The second kappa shape index (κ2) is 6.44. The van der Waals surface area contributed by atoms with Gasteiger partial charge < -0.3 is 9.64 Å². The van der Waals surface area contributed by atoms with Gasteiger partial charge >= 0.3 is 6.18 Å². The molecule has 1 saturated heterocycles. The fourth-order valence-electron chi connectivity index (χ4n) is 2.12. The number of ether oxygens (including phenoxy) is 1. The molecule has 1 atom stereocenters. The smallest absolute Gasteiger partial charge is 0.379 e. The summed E-state index contributed by atoms with van der Waals surface area (Å²) in [4.78, 5) is 13.2. The van der Waals surface area contributed by atoms with Gasteiger partial charge in [-0.3, -0.25) is 4.79 Å². The van der Waals surface area contributed by atoms with E-state index >= 15 is 0 Å². The molecule has 0 aliphatic carbocycles. The molecule has 0 radical (unpaired) electrons. The third kappa shape index (κ3) is 4.20. The van der Waals surface area contributed by atoms with Crippen LogP contribution in [0.25, 0.3) is 0 Å². The zero-order chi connectivity index (χ0) is 14.8. The van der Waals surface area contributed by atoms with E-state index in [0.29, 0.717) is 23.2 Å². The Labute approximate surface area is 126 Å². The highest BCUT2D eigenvalue weighted by atomic mass is 79.9. The Morgan fingerprint density at radius 2 is 2.30 bits per heavy atom. The Morgan fingerprint density at radius 3 is 2.80 bits per heavy atom. The van der Waals surface area contributed by atoms with Crippen LogP contribution in [0.15, 0.2) is 15.2 Å². The highest BCUT2D eigenvalue weighted by Crippen LogP contribution is 2.26. The van der Waals surface area contributed by atoms with Crippen molar-refractivity contribution in [2.24, 2.45) is 0 Å². The number of halogens is 4. The molecule has 0 saturated carbocycles. The van der Waals surface area contributed by atoms with E-state index in [9.17, 15) is 18.0 Å². The first-order valence-corrected chi connectivity index (χ1v) is 7.73. The highest BCUT2D eigenvalue weighted by molar-refractivity contribution is 9.11. The number of nitrogens with zero attached hydrogens (tertiary/aromatic N) is 1. The highest BCUT2D eigenvalue weighted by Gasteiger charge is 2.37. The molecule has 1 amide bonds. The molecular weight excluding hydrogens is 359 g/mol. The van der Waals surface area contributed by atoms with Crippen molar-refractivity contribution in [3.63, 3.8) is 0 Å². The summed E-state index contributed by atoms with van der Waals surface area (Å²) < 4.78 is 44.0. The van der Waals surface area contributed by atoms with Gasteiger partial charge in [-0.1, -0.05) is 0 Å². The number of amides is 1. The van der Waals surface area contributed by atoms with E-state index in [-0.39, 0.29) is 12.2 Å². The van der Waals surface area contributed by atoms with E-state index in [0.717, 1.165) is 4.90 Å². The fourth-order valence-corrected chi connectivity index (χ4v) is 3.25. The van der Waals surface area contributed by atoms with Crippen molar-refractivity contribution in [1.82, 2.24) is 4.90 Å². The summed E-state index contributed by atoms with van der Waals surface area (Å²) in [6, 6.07) is 1.02. The van der Waals surface area contributed by atoms with Crippen molar-refractivity contribution in [1.29, 1.82) is 0 Å². The minimum atomic E-state index is -4.42. The van der Waals surface area contributed by atoms with E-state index in [1.54, 1.807) is 11.4 Å². The van der Waals surface area contributed by atoms with Crippen LogP contribution in [0.1, 0.15) is 23.2 Å². The molecule has 1 fully saturated rings. The first kappa shape index (κ1) is 15.8. The Balaban J connectivity index is 2.18.